The van der Waals surface area contributed by atoms with Gasteiger partial charge in [-0.3, -0.25) is 48.4 Å². The van der Waals surface area contributed by atoms with Gasteiger partial charge in [0.1, 0.15) is 59.4 Å². The maximum absolute atomic E-state index is 14.4. The zero-order valence-electron chi connectivity index (χ0n) is 67.8. The number of ether oxygens (including phenoxy) is 4. The number of hydrogen-bond acceptors (Lipinski definition) is 16. The van der Waals surface area contributed by atoms with Crippen LogP contribution in [0.2, 0.25) is 36.3 Å². The molecule has 10 atom stereocenters. The highest BCUT2D eigenvalue weighted by atomic mass is 28.4. The molecule has 592 valence electrons. The lowest BCUT2D eigenvalue weighted by atomic mass is 9.87. The van der Waals surface area contributed by atoms with Gasteiger partial charge in [-0.25, -0.2) is 10.9 Å². The van der Waals surface area contributed by atoms with Crippen molar-refractivity contribution in [3.63, 3.8) is 0 Å². The molecule has 20 nitrogen and oxygen atoms in total. The second kappa shape index (κ2) is 41.2. The van der Waals surface area contributed by atoms with Gasteiger partial charge < -0.3 is 38.4 Å². The SMILES string of the molecule is C=CCC[C@H](CC(=O)C[C@H](C(=O)N[C@@H](Cc1cccc(O[Si](C)(C)C(C)(C)C)c1)C(=O)N1CCC[C@@H](C(=O)O[C@H](C)c2cccc(C=C)c2)N1)C(C)C)OC.CO[C@@H]1CC/C=C/c2cccc(c2)[C@@H](C)OC(=O)[C@@H]2CCCN(N2)C(=O)[C@H](Cc2cccc(O[Si](C)(C)C(C)(C)C)c2)NC(=O)[C@H](C(C)C)CC(=O)C1. The van der Waals surface area contributed by atoms with E-state index >= 15 is 0 Å². The van der Waals surface area contributed by atoms with Gasteiger partial charge >= 0.3 is 11.9 Å². The average molecular weight is 1520 g/mol. The van der Waals surface area contributed by atoms with Crippen molar-refractivity contribution in [2.45, 2.75) is 258 Å². The summed E-state index contributed by atoms with van der Waals surface area (Å²) < 4.78 is 36.1. The van der Waals surface area contributed by atoms with Crippen molar-refractivity contribution in [1.82, 2.24) is 31.5 Å². The molecule has 4 aromatic carbocycles. The predicted octanol–water partition coefficient (Wildman–Crippen LogP) is 15.5. The van der Waals surface area contributed by atoms with Crippen molar-refractivity contribution < 1.29 is 66.2 Å². The van der Waals surface area contributed by atoms with Crippen LogP contribution in [0.25, 0.3) is 12.2 Å². The highest BCUT2D eigenvalue weighted by Crippen LogP contribution is 2.39. The third-order valence-electron chi connectivity index (χ3n) is 21.7. The first kappa shape index (κ1) is 89.0. The number of cyclic esters (lactones) is 1. The Morgan fingerprint density at radius 2 is 1.39 bits per heavy atom. The molecule has 4 N–H and O–H groups in total. The Bertz CT molecular complexity index is 3730. The van der Waals surface area contributed by atoms with E-state index in [9.17, 15) is 38.4 Å². The smallest absolute Gasteiger partial charge is 0.325 e. The lowest BCUT2D eigenvalue weighted by molar-refractivity contribution is -0.158. The molecule has 0 aliphatic carbocycles. The predicted molar refractivity (Wildman–Crippen MR) is 432 cm³/mol. The normalized spacial score (nSPS) is 21.0. The lowest BCUT2D eigenvalue weighted by Crippen LogP contribution is -2.60. The highest BCUT2D eigenvalue weighted by molar-refractivity contribution is 6.75. The van der Waals surface area contributed by atoms with Crippen LogP contribution in [0.15, 0.2) is 122 Å². The molecule has 0 saturated carbocycles. The minimum absolute atomic E-state index is 0.00592. The number of methoxy groups -OCH3 is 2. The molecule has 0 radical (unpaired) electrons. The van der Waals surface area contributed by atoms with Crippen LogP contribution in [0.1, 0.15) is 206 Å². The van der Waals surface area contributed by atoms with E-state index in [0.717, 1.165) is 45.6 Å². The third-order valence-corrected chi connectivity index (χ3v) is 30.5. The van der Waals surface area contributed by atoms with Crippen LogP contribution in [-0.4, -0.2) is 137 Å². The molecule has 0 spiro atoms. The van der Waals surface area contributed by atoms with Crippen molar-refractivity contribution in [3.8, 4) is 11.5 Å². The van der Waals surface area contributed by atoms with Crippen molar-refractivity contribution in [3.05, 3.63) is 156 Å². The average Bonchev–Trinajstić information content (AvgIpc) is 0.821. The Hall–Kier alpha value is -7.87. The fourth-order valence-corrected chi connectivity index (χ4v) is 14.8. The molecule has 7 rings (SSSR count). The number of ketones is 2. The maximum atomic E-state index is 14.4. The van der Waals surface area contributed by atoms with Gasteiger partial charge in [0.15, 0.2) is 0 Å². The zero-order valence-corrected chi connectivity index (χ0v) is 69.8. The van der Waals surface area contributed by atoms with Gasteiger partial charge in [0.2, 0.25) is 28.4 Å². The largest absolute Gasteiger partial charge is 0.543 e. The Labute approximate surface area is 646 Å². The Balaban J connectivity index is 0.000000338. The Morgan fingerprint density at radius 1 is 0.750 bits per heavy atom. The molecule has 0 unspecified atom stereocenters. The number of hydrazine groups is 2. The molecule has 2 fully saturated rings. The van der Waals surface area contributed by atoms with Crippen molar-refractivity contribution in [2.75, 3.05) is 27.3 Å². The van der Waals surface area contributed by atoms with Crippen LogP contribution in [-0.2, 0) is 70.1 Å². The maximum Gasteiger partial charge on any atom is 0.325 e. The molecule has 3 heterocycles. The van der Waals surface area contributed by atoms with Crippen LogP contribution in [0.3, 0.4) is 0 Å². The molecule has 108 heavy (non-hydrogen) atoms. The van der Waals surface area contributed by atoms with E-state index in [0.29, 0.717) is 63.8 Å². The second-order valence-corrected chi connectivity index (χ2v) is 42.5. The van der Waals surface area contributed by atoms with Gasteiger partial charge in [-0.05, 0) is 183 Å². The number of allylic oxidation sites excluding steroid dienone is 2. The molecule has 3 aliphatic heterocycles. The summed E-state index contributed by atoms with van der Waals surface area (Å²) in [6.07, 6.45) is 11.7. The van der Waals surface area contributed by atoms with Gasteiger partial charge in [0, 0.05) is 77.7 Å². The summed E-state index contributed by atoms with van der Waals surface area (Å²) >= 11 is 0. The van der Waals surface area contributed by atoms with Crippen LogP contribution < -0.4 is 30.3 Å². The minimum Gasteiger partial charge on any atom is -0.543 e. The molecule has 4 aromatic rings. The minimum atomic E-state index is -2.15. The molecule has 3 aliphatic rings. The number of esters is 2. The van der Waals surface area contributed by atoms with Crippen LogP contribution in [0, 0.1) is 23.7 Å². The molecule has 0 aromatic heterocycles. The molecule has 22 heteroatoms. The molecule has 2 saturated heterocycles. The van der Waals surface area contributed by atoms with Gasteiger partial charge in [-0.15, -0.1) is 6.58 Å². The first-order valence-electron chi connectivity index (χ1n) is 38.8. The van der Waals surface area contributed by atoms with Gasteiger partial charge in [0.05, 0.1) is 12.2 Å². The number of amides is 4. The van der Waals surface area contributed by atoms with Crippen LogP contribution in [0.4, 0.5) is 0 Å². The van der Waals surface area contributed by atoms with E-state index in [2.05, 4.69) is 108 Å². The number of Topliss-reactive ketones (excluding diaryl/α,β-unsaturated/α-hetero) is 2. The molecule has 4 amide bonds. The first-order valence-corrected chi connectivity index (χ1v) is 44.6. The topological polar surface area (TPSA) is 247 Å². The van der Waals surface area contributed by atoms with E-state index in [1.54, 1.807) is 26.4 Å². The number of rotatable bonds is 26. The summed E-state index contributed by atoms with van der Waals surface area (Å²) in [6.45, 7) is 41.3. The van der Waals surface area contributed by atoms with Crippen molar-refractivity contribution in [1.29, 1.82) is 0 Å². The van der Waals surface area contributed by atoms with Crippen molar-refractivity contribution in [2.24, 2.45) is 23.7 Å². The van der Waals surface area contributed by atoms with Crippen LogP contribution in [0.5, 0.6) is 11.5 Å². The van der Waals surface area contributed by atoms with Gasteiger partial charge in [-0.2, -0.15) is 0 Å². The van der Waals surface area contributed by atoms with E-state index in [-0.39, 0.29) is 108 Å². The lowest BCUT2D eigenvalue weighted by Gasteiger charge is -2.37. The van der Waals surface area contributed by atoms with Gasteiger partial charge in [-0.1, -0.05) is 161 Å². The summed E-state index contributed by atoms with van der Waals surface area (Å²) in [5.74, 6) is -2.73. The number of carbonyl (C=O) groups excluding carboxylic acids is 8. The summed E-state index contributed by atoms with van der Waals surface area (Å²) in [5, 5.41) is 8.91. The standard InChI is InChI=1S/C44H65N3O7Si.C42H61N3O7Si/c1-12-14-21-36(52-9)28-35(48)29-38(30(3)4)41(49)45-40(27-33-19-16-22-37(26-33)54-55(10,11)44(6,7)8)42(50)47-24-17-23-39(46-47)43(51)53-31(5)34-20-15-18-32(13-2)25-34;1-28(2)36-27-33(46)26-34(50-7)19-11-10-15-30-16-12-18-32(23-30)29(3)51-41(49)37-21-14-22-45(44-37)40(48)38(43-39(36)47)25-31-17-13-20-35(24-31)52-53(8,9)42(4,5)6/h12-13,15-16,18-20,22,25-26,30-31,36,38-40,46H,1-2,14,17,21,23-24,27-29H2,3-11H3,(H,45,49);10,12-13,15-18,20,23-24,28-29,34,36-38,44H,11,14,19,21-22,25-27H2,1-9H3,(H,43,47)/b;15-10+/t31-,36-,38+,39+,40+;29-,34-,36+,37+,38+/m11/s1. The Morgan fingerprint density at radius 3 is 2.01 bits per heavy atom. The summed E-state index contributed by atoms with van der Waals surface area (Å²) in [7, 11) is -1.11. The van der Waals surface area contributed by atoms with Crippen molar-refractivity contribution >= 4 is 75.9 Å². The number of benzene rings is 4. The second-order valence-electron chi connectivity index (χ2n) is 33.0. The molecular formula is C86H126N6O14Si2. The number of nitrogens with zero attached hydrogens (tertiary/aromatic N) is 2. The Kier molecular flexibility index (Phi) is 34.0. The van der Waals surface area contributed by atoms with Gasteiger partial charge in [0.25, 0.3) is 11.8 Å². The first-order chi connectivity index (χ1) is 50.8. The summed E-state index contributed by atoms with van der Waals surface area (Å²) in [5.41, 5.74) is 11.4. The summed E-state index contributed by atoms with van der Waals surface area (Å²) in [6, 6.07) is 27.4. The molecular weight excluding hydrogens is 1400 g/mol. The zero-order chi connectivity index (χ0) is 79.8. The quantitative estimate of drug-likeness (QED) is 0.0259. The fraction of sp³-hybridized carbons (Fsp3) is 0.558. The molecule has 4 bridgehead atoms. The third kappa shape index (κ3) is 27.0. The number of fused-ring (bicyclic) bond motifs is 4. The number of hydrogen-bond donors (Lipinski definition) is 4. The van der Waals surface area contributed by atoms with E-state index in [1.807, 2.05) is 145 Å². The van der Waals surface area contributed by atoms with Crippen LogP contribution >= 0.6 is 0 Å². The summed E-state index contributed by atoms with van der Waals surface area (Å²) in [4.78, 5) is 111. The van der Waals surface area contributed by atoms with E-state index < -0.39 is 76.8 Å². The fourth-order valence-electron chi connectivity index (χ4n) is 12.7. The number of nitrogens with one attached hydrogen (secondary N) is 4. The monoisotopic (exact) mass is 1520 g/mol. The number of carbonyl (C=O) groups is 8. The highest BCUT2D eigenvalue weighted by Gasteiger charge is 2.42. The van der Waals surface area contributed by atoms with E-state index in [4.69, 9.17) is 27.8 Å². The van der Waals surface area contributed by atoms with E-state index in [1.165, 1.54) is 10.0 Å².